The topological polar surface area (TPSA) is 0 Å². The van der Waals surface area contributed by atoms with Gasteiger partial charge >= 0.3 is 0 Å². The first kappa shape index (κ1) is 21.2. The molecule has 0 unspecified atom stereocenters. The van der Waals surface area contributed by atoms with Crippen LogP contribution in [0, 0.1) is 0 Å². The highest BCUT2D eigenvalue weighted by atomic mass is 31.2. The summed E-state index contributed by atoms with van der Waals surface area (Å²) < 4.78 is 0. The molecular formula is C36H27P. The lowest BCUT2D eigenvalue weighted by Gasteiger charge is -2.33. The predicted octanol–water partition coefficient (Wildman–Crippen LogP) is 9.29. The lowest BCUT2D eigenvalue weighted by atomic mass is 9.94. The highest BCUT2D eigenvalue weighted by Crippen LogP contribution is 2.52. The molecule has 0 heterocycles. The summed E-state index contributed by atoms with van der Waals surface area (Å²) in [4.78, 5) is 0. The Labute approximate surface area is 216 Å². The molecule has 0 fully saturated rings. The Bertz CT molecular complexity index is 2010. The van der Waals surface area contributed by atoms with Gasteiger partial charge in [0.05, 0.1) is 0 Å². The molecule has 0 amide bonds. The molecule has 0 aliphatic heterocycles. The molecule has 1 heteroatoms. The maximum absolute atomic E-state index is 5.19. The molecule has 8 aromatic carbocycles. The van der Waals surface area contributed by atoms with E-state index in [4.69, 9.17) is 6.30 Å². The quantitative estimate of drug-likeness (QED) is 0.171. The summed E-state index contributed by atoms with van der Waals surface area (Å²) in [6.07, 6.45) is 5.19. The molecule has 0 aromatic heterocycles. The largest absolute Gasteiger partial charge is 0.0924 e. The van der Waals surface area contributed by atoms with E-state index in [1.54, 1.807) is 0 Å². The normalized spacial score (nSPS) is 12.9. The molecule has 0 bridgehead atoms. The second kappa shape index (κ2) is 7.34. The van der Waals surface area contributed by atoms with Gasteiger partial charge in [-0.15, -0.1) is 0 Å². The van der Waals surface area contributed by atoms with Crippen LogP contribution < -0.4 is 10.6 Å². The molecule has 176 valence electrons. The van der Waals surface area contributed by atoms with Crippen molar-refractivity contribution in [3.8, 4) is 0 Å². The van der Waals surface area contributed by atoms with Crippen molar-refractivity contribution >= 4 is 88.4 Å². The van der Waals surface area contributed by atoms with Crippen LogP contribution in [0.15, 0.2) is 109 Å². The summed E-state index contributed by atoms with van der Waals surface area (Å²) in [6, 6.07) is 41.2. The molecule has 0 aliphatic carbocycles. The predicted molar refractivity (Wildman–Crippen MR) is 169 cm³/mol. The molecule has 8 aromatic rings. The van der Waals surface area contributed by atoms with Crippen LogP contribution in [0.25, 0.3) is 64.6 Å². The molecule has 0 atom stereocenters. The van der Waals surface area contributed by atoms with Gasteiger partial charge in [-0.1, -0.05) is 136 Å². The van der Waals surface area contributed by atoms with Gasteiger partial charge in [-0.25, -0.2) is 0 Å². The third kappa shape index (κ3) is 2.69. The number of hydrogen-bond donors (Lipinski definition) is 0. The molecular weight excluding hydrogens is 463 g/mol. The van der Waals surface area contributed by atoms with Gasteiger partial charge in [0.2, 0.25) is 0 Å². The third-order valence-electron chi connectivity index (χ3n) is 8.75. The minimum Gasteiger partial charge on any atom is -0.0924 e. The first-order valence-electron chi connectivity index (χ1n) is 13.1. The summed E-state index contributed by atoms with van der Waals surface area (Å²) in [5, 5.41) is 19.0. The van der Waals surface area contributed by atoms with Gasteiger partial charge in [0.1, 0.15) is 0 Å². The smallest absolute Gasteiger partial charge is 0.00203 e. The summed E-state index contributed by atoms with van der Waals surface area (Å²) in [5.41, 5.74) is 0.407. The van der Waals surface area contributed by atoms with Crippen LogP contribution in [0.4, 0.5) is 0 Å². The van der Waals surface area contributed by atoms with Crippen LogP contribution in [0.3, 0.4) is 0 Å². The van der Waals surface area contributed by atoms with E-state index < -0.39 is 6.89 Å². The van der Waals surface area contributed by atoms with E-state index in [1.807, 2.05) is 0 Å². The second-order valence-electron chi connectivity index (χ2n) is 10.8. The van der Waals surface area contributed by atoms with Gasteiger partial charge in [0, 0.05) is 0 Å². The first-order valence-corrected chi connectivity index (χ1v) is 15.2. The Kier molecular flexibility index (Phi) is 4.22. The Morgan fingerprint density at radius 3 is 1.14 bits per heavy atom. The SMILES string of the molecule is C=P(c1ccc2ccc3cccc4ccc1c2c34)(c1ccc2ccc3cccc4ccc1c2c34)C(C)C. The van der Waals surface area contributed by atoms with Crippen molar-refractivity contribution in [2.75, 3.05) is 0 Å². The van der Waals surface area contributed by atoms with E-state index in [2.05, 4.69) is 123 Å². The fourth-order valence-corrected chi connectivity index (χ4v) is 10.1. The number of hydrogen-bond acceptors (Lipinski definition) is 0. The van der Waals surface area contributed by atoms with Gasteiger partial charge in [0.15, 0.2) is 0 Å². The molecule has 0 saturated heterocycles. The Morgan fingerprint density at radius 1 is 0.432 bits per heavy atom. The fraction of sp³-hybridized carbons (Fsp3) is 0.0833. The summed E-state index contributed by atoms with van der Waals surface area (Å²) >= 11 is 0. The lowest BCUT2D eigenvalue weighted by molar-refractivity contribution is 1.10. The van der Waals surface area contributed by atoms with Crippen LogP contribution >= 0.6 is 6.89 Å². The molecule has 8 rings (SSSR count). The second-order valence-corrected chi connectivity index (χ2v) is 14.6. The van der Waals surface area contributed by atoms with Crippen molar-refractivity contribution < 1.29 is 0 Å². The van der Waals surface area contributed by atoms with Gasteiger partial charge in [0.25, 0.3) is 0 Å². The summed E-state index contributed by atoms with van der Waals surface area (Å²) in [6.45, 7) is 2.73. The highest BCUT2D eigenvalue weighted by Gasteiger charge is 2.29. The highest BCUT2D eigenvalue weighted by molar-refractivity contribution is 7.88. The van der Waals surface area contributed by atoms with E-state index in [0.717, 1.165) is 0 Å². The minimum absolute atomic E-state index is 0.407. The van der Waals surface area contributed by atoms with E-state index >= 15 is 0 Å². The maximum Gasteiger partial charge on any atom is -0.00203 e. The molecule has 0 radical (unpaired) electrons. The average molecular weight is 491 g/mol. The summed E-state index contributed by atoms with van der Waals surface area (Å²) in [7, 11) is 0. The number of benzene rings is 8. The summed E-state index contributed by atoms with van der Waals surface area (Å²) in [5.74, 6) is 0. The van der Waals surface area contributed by atoms with Crippen molar-refractivity contribution in [1.29, 1.82) is 0 Å². The van der Waals surface area contributed by atoms with Crippen LogP contribution in [0.2, 0.25) is 0 Å². The van der Waals surface area contributed by atoms with Crippen molar-refractivity contribution in [2.45, 2.75) is 19.5 Å². The van der Waals surface area contributed by atoms with Gasteiger partial charge < -0.3 is 0 Å². The molecule has 0 saturated carbocycles. The van der Waals surface area contributed by atoms with Crippen LogP contribution in [0.1, 0.15) is 13.8 Å². The minimum atomic E-state index is -2.01. The lowest BCUT2D eigenvalue weighted by Crippen LogP contribution is -2.24. The Hall–Kier alpha value is -3.86. The zero-order valence-corrected chi connectivity index (χ0v) is 22.0. The number of rotatable bonds is 3. The van der Waals surface area contributed by atoms with Crippen LogP contribution in [0.5, 0.6) is 0 Å². The fourth-order valence-electron chi connectivity index (χ4n) is 6.82. The Balaban J connectivity index is 1.52. The molecule has 0 spiro atoms. The molecule has 0 aliphatic rings. The molecule has 37 heavy (non-hydrogen) atoms. The van der Waals surface area contributed by atoms with E-state index in [1.165, 1.54) is 75.2 Å². The standard InChI is InChI=1S/C36H27P/c1-22(2)37(3,31-20-16-27-12-10-23-6-4-8-25-14-18-29(31)35(27)33(23)25)32-21-17-28-13-11-24-7-5-9-26-15-19-30(32)36(28)34(24)26/h4-22H,3H2,1-2H3. The first-order chi connectivity index (χ1) is 18.1. The van der Waals surface area contributed by atoms with Gasteiger partial charge in [-0.2, -0.15) is 0 Å². The van der Waals surface area contributed by atoms with E-state index in [-0.39, 0.29) is 0 Å². The zero-order chi connectivity index (χ0) is 24.9. The van der Waals surface area contributed by atoms with Crippen molar-refractivity contribution in [3.63, 3.8) is 0 Å². The van der Waals surface area contributed by atoms with Gasteiger partial charge in [-0.05, 0) is 80.9 Å². The zero-order valence-electron chi connectivity index (χ0n) is 21.1. The maximum atomic E-state index is 5.19. The van der Waals surface area contributed by atoms with Crippen molar-refractivity contribution in [1.82, 2.24) is 0 Å². The van der Waals surface area contributed by atoms with E-state index in [9.17, 15) is 0 Å². The van der Waals surface area contributed by atoms with Crippen LogP contribution in [-0.2, 0) is 0 Å². The average Bonchev–Trinajstić information content (AvgIpc) is 2.94. The van der Waals surface area contributed by atoms with Gasteiger partial charge in [-0.3, -0.25) is 0 Å². The monoisotopic (exact) mass is 490 g/mol. The molecule has 0 N–H and O–H groups in total. The van der Waals surface area contributed by atoms with Crippen molar-refractivity contribution in [3.05, 3.63) is 109 Å². The molecule has 0 nitrogen and oxygen atoms in total. The van der Waals surface area contributed by atoms with E-state index in [0.29, 0.717) is 5.66 Å². The third-order valence-corrected chi connectivity index (χ3v) is 13.0. The van der Waals surface area contributed by atoms with Crippen molar-refractivity contribution in [2.24, 2.45) is 0 Å². The van der Waals surface area contributed by atoms with Crippen LogP contribution in [-0.4, -0.2) is 12.0 Å². The Morgan fingerprint density at radius 2 is 0.757 bits per heavy atom.